The molecule has 0 spiro atoms. The van der Waals surface area contributed by atoms with E-state index in [1.54, 1.807) is 7.11 Å². The Labute approximate surface area is 215 Å². The maximum absolute atomic E-state index is 14.1. The van der Waals surface area contributed by atoms with E-state index in [4.69, 9.17) is 4.74 Å². The van der Waals surface area contributed by atoms with E-state index in [1.807, 2.05) is 48.5 Å². The van der Waals surface area contributed by atoms with Crippen molar-refractivity contribution in [3.05, 3.63) is 141 Å². The SMILES string of the molecule is CCc1ccc(C2=C[C@@H](c3ccccc3)[C@H](C(=O)c3ccc(OC)cc3)c3ccc(Br)cc32)cc1. The Morgan fingerprint density at radius 3 is 2.26 bits per heavy atom. The lowest BCUT2D eigenvalue weighted by Gasteiger charge is -2.33. The van der Waals surface area contributed by atoms with Gasteiger partial charge in [-0.05, 0) is 76.2 Å². The number of hydrogen-bond donors (Lipinski definition) is 0. The van der Waals surface area contributed by atoms with E-state index in [0.29, 0.717) is 5.56 Å². The second-order valence-electron chi connectivity index (χ2n) is 8.87. The number of carbonyl (C=O) groups excluding carboxylic acids is 1. The van der Waals surface area contributed by atoms with E-state index in [9.17, 15) is 4.79 Å². The van der Waals surface area contributed by atoms with Crippen molar-refractivity contribution >= 4 is 27.3 Å². The fraction of sp³-hybridized carbons (Fsp3) is 0.156. The smallest absolute Gasteiger partial charge is 0.171 e. The third kappa shape index (κ3) is 4.61. The highest BCUT2D eigenvalue weighted by atomic mass is 79.9. The van der Waals surface area contributed by atoms with Crippen LogP contribution in [0.25, 0.3) is 5.57 Å². The zero-order valence-electron chi connectivity index (χ0n) is 19.9. The lowest BCUT2D eigenvalue weighted by Crippen LogP contribution is -2.24. The maximum Gasteiger partial charge on any atom is 0.171 e. The summed E-state index contributed by atoms with van der Waals surface area (Å²) in [5.74, 6) is 0.446. The first-order valence-electron chi connectivity index (χ1n) is 11.9. The second-order valence-corrected chi connectivity index (χ2v) is 9.78. The molecule has 0 saturated carbocycles. The highest BCUT2D eigenvalue weighted by Gasteiger charge is 2.36. The summed E-state index contributed by atoms with van der Waals surface area (Å²) in [6.07, 6.45) is 3.30. The molecule has 0 amide bonds. The van der Waals surface area contributed by atoms with E-state index in [2.05, 4.69) is 77.5 Å². The van der Waals surface area contributed by atoms with Crippen molar-refractivity contribution in [2.45, 2.75) is 25.2 Å². The summed E-state index contributed by atoms with van der Waals surface area (Å²) in [6.45, 7) is 2.17. The molecule has 4 aromatic carbocycles. The van der Waals surface area contributed by atoms with Gasteiger partial charge in [0.2, 0.25) is 0 Å². The van der Waals surface area contributed by atoms with Crippen molar-refractivity contribution in [2.24, 2.45) is 0 Å². The van der Waals surface area contributed by atoms with Crippen molar-refractivity contribution in [1.29, 1.82) is 0 Å². The van der Waals surface area contributed by atoms with Gasteiger partial charge in [-0.25, -0.2) is 0 Å². The quantitative estimate of drug-likeness (QED) is 0.238. The number of Topliss-reactive ketones (excluding diaryl/α,β-unsaturated/α-hetero) is 1. The molecule has 1 aliphatic carbocycles. The summed E-state index contributed by atoms with van der Waals surface area (Å²) in [4.78, 5) is 14.1. The van der Waals surface area contributed by atoms with Gasteiger partial charge in [0, 0.05) is 16.0 Å². The van der Waals surface area contributed by atoms with E-state index in [0.717, 1.165) is 44.5 Å². The van der Waals surface area contributed by atoms with Crippen molar-refractivity contribution in [3.63, 3.8) is 0 Å². The molecule has 3 heteroatoms. The number of ether oxygens (including phenoxy) is 1. The van der Waals surface area contributed by atoms with Crippen LogP contribution in [0.4, 0.5) is 0 Å². The van der Waals surface area contributed by atoms with Gasteiger partial charge in [0.25, 0.3) is 0 Å². The van der Waals surface area contributed by atoms with Crippen LogP contribution < -0.4 is 4.74 Å². The molecule has 0 N–H and O–H groups in total. The van der Waals surface area contributed by atoms with Gasteiger partial charge in [0.15, 0.2) is 5.78 Å². The van der Waals surface area contributed by atoms with Crippen LogP contribution in [0.2, 0.25) is 0 Å². The van der Waals surface area contributed by atoms with Crippen LogP contribution in [0, 0.1) is 0 Å². The fourth-order valence-electron chi connectivity index (χ4n) is 4.97. The zero-order chi connectivity index (χ0) is 24.4. The molecule has 4 aromatic rings. The molecule has 174 valence electrons. The number of methoxy groups -OCH3 is 1. The number of benzene rings is 4. The molecule has 2 atom stereocenters. The lowest BCUT2D eigenvalue weighted by molar-refractivity contribution is 0.0952. The number of carbonyl (C=O) groups is 1. The predicted octanol–water partition coefficient (Wildman–Crippen LogP) is 8.22. The number of aryl methyl sites for hydroxylation is 1. The van der Waals surface area contributed by atoms with Gasteiger partial charge in [-0.1, -0.05) is 89.6 Å². The Morgan fingerprint density at radius 2 is 1.60 bits per heavy atom. The molecule has 0 aliphatic heterocycles. The molecule has 0 radical (unpaired) electrons. The minimum absolute atomic E-state index is 0.0830. The lowest BCUT2D eigenvalue weighted by atomic mass is 9.69. The topological polar surface area (TPSA) is 26.3 Å². The Bertz CT molecular complexity index is 1370. The Kier molecular flexibility index (Phi) is 6.70. The number of rotatable bonds is 6. The van der Waals surface area contributed by atoms with Crippen LogP contribution >= 0.6 is 15.9 Å². The summed E-state index contributed by atoms with van der Waals surface area (Å²) in [7, 11) is 1.64. The third-order valence-electron chi connectivity index (χ3n) is 6.86. The molecule has 0 unspecified atom stereocenters. The normalized spacial score (nSPS) is 16.8. The van der Waals surface area contributed by atoms with Gasteiger partial charge in [0.1, 0.15) is 5.75 Å². The van der Waals surface area contributed by atoms with Crippen LogP contribution in [0.3, 0.4) is 0 Å². The second kappa shape index (κ2) is 10.1. The number of hydrogen-bond acceptors (Lipinski definition) is 2. The average molecular weight is 523 g/mol. The number of ketones is 1. The summed E-state index contributed by atoms with van der Waals surface area (Å²) in [5.41, 5.74) is 7.62. The maximum atomic E-state index is 14.1. The van der Waals surface area contributed by atoms with E-state index >= 15 is 0 Å². The van der Waals surface area contributed by atoms with Gasteiger partial charge in [-0.15, -0.1) is 0 Å². The van der Waals surface area contributed by atoms with E-state index in [1.165, 1.54) is 5.56 Å². The molecule has 1 aliphatic rings. The van der Waals surface area contributed by atoms with Crippen molar-refractivity contribution in [1.82, 2.24) is 0 Å². The first-order chi connectivity index (χ1) is 17.1. The van der Waals surface area contributed by atoms with Crippen molar-refractivity contribution in [2.75, 3.05) is 7.11 Å². The van der Waals surface area contributed by atoms with Gasteiger partial charge < -0.3 is 4.74 Å². The van der Waals surface area contributed by atoms with Crippen molar-refractivity contribution in [3.8, 4) is 5.75 Å². The standard InChI is InChI=1S/C32H27BrO2/c1-3-21-9-11-23(12-10-21)28-20-29(22-7-5-4-6-8-22)31(27-18-15-25(33)19-30(27)28)32(34)24-13-16-26(35-2)17-14-24/h4-20,29,31H,3H2,1-2H3/t29-,31+/m0/s1. The van der Waals surface area contributed by atoms with Crippen LogP contribution in [0.1, 0.15) is 56.9 Å². The fourth-order valence-corrected chi connectivity index (χ4v) is 5.33. The molecule has 0 fully saturated rings. The minimum atomic E-state index is -0.326. The summed E-state index contributed by atoms with van der Waals surface area (Å²) in [6, 6.07) is 32.9. The third-order valence-corrected chi connectivity index (χ3v) is 7.35. The average Bonchev–Trinajstić information content (AvgIpc) is 2.92. The highest BCUT2D eigenvalue weighted by molar-refractivity contribution is 9.10. The molecule has 0 bridgehead atoms. The Hall–Kier alpha value is -3.43. The monoisotopic (exact) mass is 522 g/mol. The molecule has 0 saturated heterocycles. The van der Waals surface area contributed by atoms with Crippen molar-refractivity contribution < 1.29 is 9.53 Å². The molecule has 2 nitrogen and oxygen atoms in total. The number of halogens is 1. The predicted molar refractivity (Wildman–Crippen MR) is 146 cm³/mol. The zero-order valence-corrected chi connectivity index (χ0v) is 21.5. The van der Waals surface area contributed by atoms with Gasteiger partial charge in [-0.3, -0.25) is 4.79 Å². The Morgan fingerprint density at radius 1 is 0.886 bits per heavy atom. The van der Waals surface area contributed by atoms with E-state index in [-0.39, 0.29) is 17.6 Å². The molecule has 0 heterocycles. The van der Waals surface area contributed by atoms with Crippen LogP contribution in [0.15, 0.2) is 108 Å². The summed E-state index contributed by atoms with van der Waals surface area (Å²) in [5, 5.41) is 0. The molecule has 5 rings (SSSR count). The highest BCUT2D eigenvalue weighted by Crippen LogP contribution is 2.47. The molecule has 35 heavy (non-hydrogen) atoms. The van der Waals surface area contributed by atoms with Gasteiger partial charge in [-0.2, -0.15) is 0 Å². The summed E-state index contributed by atoms with van der Waals surface area (Å²) >= 11 is 3.67. The largest absolute Gasteiger partial charge is 0.497 e. The minimum Gasteiger partial charge on any atom is -0.497 e. The summed E-state index contributed by atoms with van der Waals surface area (Å²) < 4.78 is 6.31. The van der Waals surface area contributed by atoms with E-state index < -0.39 is 0 Å². The molecular weight excluding hydrogens is 496 g/mol. The van der Waals surface area contributed by atoms with Crippen LogP contribution in [0.5, 0.6) is 5.75 Å². The number of allylic oxidation sites excluding steroid dienone is 1. The van der Waals surface area contributed by atoms with Gasteiger partial charge in [0.05, 0.1) is 13.0 Å². The first-order valence-corrected chi connectivity index (χ1v) is 12.7. The molecular formula is C32H27BrO2. The molecule has 0 aromatic heterocycles. The van der Waals surface area contributed by atoms with Crippen LogP contribution in [-0.4, -0.2) is 12.9 Å². The van der Waals surface area contributed by atoms with Gasteiger partial charge >= 0.3 is 0 Å². The first kappa shape index (κ1) is 23.3. The van der Waals surface area contributed by atoms with Crippen LogP contribution in [-0.2, 0) is 6.42 Å². The Balaban J connectivity index is 1.69. The number of fused-ring (bicyclic) bond motifs is 1.